The van der Waals surface area contributed by atoms with Crippen LogP contribution in [0.4, 0.5) is 0 Å². The van der Waals surface area contributed by atoms with Crippen LogP contribution >= 0.6 is 0 Å². The van der Waals surface area contributed by atoms with Crippen LogP contribution in [0.25, 0.3) is 0 Å². The minimum absolute atomic E-state index is 0.0363. The number of rotatable bonds is 4. The first kappa shape index (κ1) is 17.4. The molecule has 5 heteroatoms. The second kappa shape index (κ2) is 7.64. The summed E-state index contributed by atoms with van der Waals surface area (Å²) in [7, 11) is 1.69. The molecule has 2 fully saturated rings. The monoisotopic (exact) mass is 332 g/mol. The number of hydrogen-bond donors (Lipinski definition) is 1. The Hall–Kier alpha value is -1.43. The van der Waals surface area contributed by atoms with Gasteiger partial charge in [0.25, 0.3) is 0 Å². The Morgan fingerprint density at radius 1 is 1.29 bits per heavy atom. The molecule has 2 aliphatic rings. The predicted molar refractivity (Wildman–Crippen MR) is 92.7 cm³/mol. The van der Waals surface area contributed by atoms with Crippen LogP contribution in [-0.4, -0.2) is 56.8 Å². The van der Waals surface area contributed by atoms with Crippen LogP contribution in [0.5, 0.6) is 0 Å². The van der Waals surface area contributed by atoms with Crippen LogP contribution in [-0.2, 0) is 14.3 Å². The number of morpholine rings is 1. The molecule has 2 saturated heterocycles. The topological polar surface area (TPSA) is 50.8 Å². The van der Waals surface area contributed by atoms with E-state index < -0.39 is 5.41 Å². The van der Waals surface area contributed by atoms with E-state index in [1.165, 1.54) is 0 Å². The molecule has 2 atom stereocenters. The quantitative estimate of drug-likeness (QED) is 0.916. The van der Waals surface area contributed by atoms with Crippen LogP contribution < -0.4 is 5.32 Å². The summed E-state index contributed by atoms with van der Waals surface area (Å²) in [5, 5.41) is 3.35. The molecule has 0 aromatic heterocycles. The van der Waals surface area contributed by atoms with Crippen molar-refractivity contribution in [1.82, 2.24) is 10.2 Å². The van der Waals surface area contributed by atoms with E-state index in [2.05, 4.69) is 17.4 Å². The molecule has 3 rings (SSSR count). The third-order valence-corrected chi connectivity index (χ3v) is 5.15. The number of piperidine rings is 1. The fourth-order valence-corrected chi connectivity index (χ4v) is 3.91. The lowest BCUT2D eigenvalue weighted by Crippen LogP contribution is -2.55. The van der Waals surface area contributed by atoms with Crippen molar-refractivity contribution in [3.63, 3.8) is 0 Å². The molecular formula is C19H28N2O3. The van der Waals surface area contributed by atoms with Gasteiger partial charge < -0.3 is 19.7 Å². The van der Waals surface area contributed by atoms with Gasteiger partial charge in [0.05, 0.1) is 24.7 Å². The number of hydrogen-bond acceptors (Lipinski definition) is 4. The van der Waals surface area contributed by atoms with Gasteiger partial charge in [-0.25, -0.2) is 0 Å². The summed E-state index contributed by atoms with van der Waals surface area (Å²) >= 11 is 0. The average Bonchev–Trinajstić information content (AvgIpc) is 2.62. The van der Waals surface area contributed by atoms with Gasteiger partial charge in [0, 0.05) is 13.7 Å². The first-order valence-electron chi connectivity index (χ1n) is 8.84. The van der Waals surface area contributed by atoms with Crippen LogP contribution in [0, 0.1) is 5.41 Å². The standard InChI is InChI=1S/C19H28N2O3/c1-15-12-21(13-17(24-15)16-6-4-3-5-7-16)18(22)19(14-23-2)8-10-20-11-9-19/h3-7,15,17,20H,8-14H2,1-2H3. The number of nitrogens with zero attached hydrogens (tertiary/aromatic N) is 1. The molecule has 2 heterocycles. The highest BCUT2D eigenvalue weighted by atomic mass is 16.5. The zero-order valence-electron chi connectivity index (χ0n) is 14.7. The number of carbonyl (C=O) groups is 1. The predicted octanol–water partition coefficient (Wildman–Crippen LogP) is 1.99. The summed E-state index contributed by atoms with van der Waals surface area (Å²) in [4.78, 5) is 15.3. The van der Waals surface area contributed by atoms with E-state index in [4.69, 9.17) is 9.47 Å². The Labute approximate surface area is 144 Å². The molecule has 1 aromatic carbocycles. The number of methoxy groups -OCH3 is 1. The summed E-state index contributed by atoms with van der Waals surface area (Å²) in [6.45, 7) is 5.55. The van der Waals surface area contributed by atoms with Gasteiger partial charge >= 0.3 is 0 Å². The van der Waals surface area contributed by atoms with Gasteiger partial charge in [0.1, 0.15) is 6.10 Å². The molecule has 2 aliphatic heterocycles. The second-order valence-corrected chi connectivity index (χ2v) is 7.02. The lowest BCUT2D eigenvalue weighted by Gasteiger charge is -2.44. The molecule has 1 amide bonds. The Balaban J connectivity index is 1.77. The van der Waals surface area contributed by atoms with Gasteiger partial charge in [-0.05, 0) is 38.4 Å². The summed E-state index contributed by atoms with van der Waals surface area (Å²) in [5.74, 6) is 0.224. The van der Waals surface area contributed by atoms with Crippen LogP contribution in [0.3, 0.4) is 0 Å². The summed E-state index contributed by atoms with van der Waals surface area (Å²) in [6.07, 6.45) is 1.65. The third kappa shape index (κ3) is 3.63. The minimum atomic E-state index is -0.391. The largest absolute Gasteiger partial charge is 0.384 e. The maximum absolute atomic E-state index is 13.4. The van der Waals surface area contributed by atoms with Crippen molar-refractivity contribution in [3.05, 3.63) is 35.9 Å². The van der Waals surface area contributed by atoms with E-state index in [1.54, 1.807) is 7.11 Å². The Kier molecular flexibility index (Phi) is 5.54. The lowest BCUT2D eigenvalue weighted by molar-refractivity contribution is -0.160. The van der Waals surface area contributed by atoms with Gasteiger partial charge in [-0.15, -0.1) is 0 Å². The molecule has 0 spiro atoms. The van der Waals surface area contributed by atoms with E-state index >= 15 is 0 Å². The van der Waals surface area contributed by atoms with E-state index in [-0.39, 0.29) is 18.1 Å². The Morgan fingerprint density at radius 2 is 2.00 bits per heavy atom. The minimum Gasteiger partial charge on any atom is -0.384 e. The molecule has 0 bridgehead atoms. The van der Waals surface area contributed by atoms with Gasteiger partial charge in [0.2, 0.25) is 5.91 Å². The van der Waals surface area contributed by atoms with Crippen molar-refractivity contribution in [3.8, 4) is 0 Å². The van der Waals surface area contributed by atoms with Gasteiger partial charge in [-0.2, -0.15) is 0 Å². The van der Waals surface area contributed by atoms with E-state index in [0.29, 0.717) is 19.7 Å². The maximum Gasteiger partial charge on any atom is 0.231 e. The third-order valence-electron chi connectivity index (χ3n) is 5.15. The number of benzene rings is 1. The van der Waals surface area contributed by atoms with Crippen LogP contribution in [0.1, 0.15) is 31.4 Å². The first-order valence-corrected chi connectivity index (χ1v) is 8.84. The average molecular weight is 332 g/mol. The summed E-state index contributed by atoms with van der Waals surface area (Å²) in [6, 6.07) is 10.2. The molecular weight excluding hydrogens is 304 g/mol. The van der Waals surface area contributed by atoms with E-state index in [9.17, 15) is 4.79 Å². The van der Waals surface area contributed by atoms with E-state index in [1.807, 2.05) is 30.0 Å². The molecule has 5 nitrogen and oxygen atoms in total. The smallest absolute Gasteiger partial charge is 0.231 e. The van der Waals surface area contributed by atoms with Crippen molar-refractivity contribution in [2.45, 2.75) is 32.0 Å². The highest BCUT2D eigenvalue weighted by Crippen LogP contribution is 2.34. The van der Waals surface area contributed by atoms with Crippen molar-refractivity contribution < 1.29 is 14.3 Å². The molecule has 0 saturated carbocycles. The second-order valence-electron chi connectivity index (χ2n) is 7.02. The van der Waals surface area contributed by atoms with Crippen molar-refractivity contribution in [2.24, 2.45) is 5.41 Å². The molecule has 0 radical (unpaired) electrons. The number of nitrogens with one attached hydrogen (secondary N) is 1. The zero-order chi connectivity index (χ0) is 17.0. The van der Waals surface area contributed by atoms with Crippen LogP contribution in [0.15, 0.2) is 30.3 Å². The summed E-state index contributed by atoms with van der Waals surface area (Å²) in [5.41, 5.74) is 0.742. The van der Waals surface area contributed by atoms with Crippen LogP contribution in [0.2, 0.25) is 0 Å². The highest BCUT2D eigenvalue weighted by Gasteiger charge is 2.44. The van der Waals surface area contributed by atoms with E-state index in [0.717, 1.165) is 31.5 Å². The zero-order valence-corrected chi connectivity index (χ0v) is 14.7. The van der Waals surface area contributed by atoms with Gasteiger partial charge in [0.15, 0.2) is 0 Å². The maximum atomic E-state index is 13.4. The molecule has 132 valence electrons. The Morgan fingerprint density at radius 3 is 2.67 bits per heavy atom. The van der Waals surface area contributed by atoms with Crippen molar-refractivity contribution in [1.29, 1.82) is 0 Å². The normalized spacial score (nSPS) is 27.0. The van der Waals surface area contributed by atoms with Crippen molar-refractivity contribution in [2.75, 3.05) is 39.9 Å². The molecule has 1 aromatic rings. The number of carbonyl (C=O) groups excluding carboxylic acids is 1. The fraction of sp³-hybridized carbons (Fsp3) is 0.632. The summed E-state index contributed by atoms with van der Waals surface area (Å²) < 4.78 is 11.5. The SMILES string of the molecule is COCC1(C(=O)N2CC(C)OC(c3ccccc3)C2)CCNCC1. The molecule has 24 heavy (non-hydrogen) atoms. The molecule has 1 N–H and O–H groups in total. The highest BCUT2D eigenvalue weighted by molar-refractivity contribution is 5.83. The molecule has 0 aliphatic carbocycles. The van der Waals surface area contributed by atoms with Gasteiger partial charge in [-0.3, -0.25) is 4.79 Å². The first-order chi connectivity index (χ1) is 11.6. The lowest BCUT2D eigenvalue weighted by atomic mass is 9.78. The Bertz CT molecular complexity index is 537. The van der Waals surface area contributed by atoms with Gasteiger partial charge in [-0.1, -0.05) is 30.3 Å². The number of amides is 1. The fourth-order valence-electron chi connectivity index (χ4n) is 3.91. The number of ether oxygens (including phenoxy) is 2. The van der Waals surface area contributed by atoms with Crippen molar-refractivity contribution >= 4 is 5.91 Å². The molecule has 2 unspecified atom stereocenters.